The summed E-state index contributed by atoms with van der Waals surface area (Å²) in [5, 5.41) is 0. The van der Waals surface area contributed by atoms with Crippen molar-refractivity contribution in [3.63, 3.8) is 0 Å². The van der Waals surface area contributed by atoms with Gasteiger partial charge in [0.2, 0.25) is 0 Å². The van der Waals surface area contributed by atoms with E-state index < -0.39 is 0 Å². The van der Waals surface area contributed by atoms with Crippen LogP contribution in [0.2, 0.25) is 0 Å². The standard InChI is InChI=1S/C15H25N5/c1-9(2)12-5-4-8-20(12)15-10(3)13(19-16)17-14(18-15)11-6-7-11/h9,11-12H,4-8,16H2,1-3H3,(H,17,18,19). The van der Waals surface area contributed by atoms with Crippen LogP contribution in [-0.2, 0) is 0 Å². The van der Waals surface area contributed by atoms with Crippen molar-refractivity contribution in [2.24, 2.45) is 11.8 Å². The van der Waals surface area contributed by atoms with Crippen LogP contribution in [0, 0.1) is 12.8 Å². The van der Waals surface area contributed by atoms with Crippen LogP contribution in [0.15, 0.2) is 0 Å². The van der Waals surface area contributed by atoms with E-state index >= 15 is 0 Å². The molecule has 1 aliphatic heterocycles. The molecule has 1 aromatic rings. The van der Waals surface area contributed by atoms with Crippen molar-refractivity contribution in [1.29, 1.82) is 0 Å². The number of nitrogens with one attached hydrogen (secondary N) is 1. The Morgan fingerprint density at radius 3 is 2.60 bits per heavy atom. The second-order valence-electron chi connectivity index (χ2n) is 6.44. The number of aromatic nitrogens is 2. The van der Waals surface area contributed by atoms with Gasteiger partial charge in [-0.1, -0.05) is 13.8 Å². The van der Waals surface area contributed by atoms with Crippen molar-refractivity contribution in [2.45, 2.75) is 58.4 Å². The van der Waals surface area contributed by atoms with Crippen LogP contribution in [0.4, 0.5) is 11.6 Å². The number of nitrogens with two attached hydrogens (primary N) is 1. The molecule has 0 amide bonds. The van der Waals surface area contributed by atoms with E-state index in [1.807, 2.05) is 0 Å². The third-order valence-corrected chi connectivity index (χ3v) is 4.56. The minimum absolute atomic E-state index is 0.543. The Bertz CT molecular complexity index is 495. The number of hydrogen-bond donors (Lipinski definition) is 2. The lowest BCUT2D eigenvalue weighted by molar-refractivity contribution is 0.488. The molecule has 5 heteroatoms. The molecule has 20 heavy (non-hydrogen) atoms. The van der Waals surface area contributed by atoms with Gasteiger partial charge in [-0.05, 0) is 38.5 Å². The average Bonchev–Trinajstić information content (AvgIpc) is 3.16. The smallest absolute Gasteiger partial charge is 0.148 e. The van der Waals surface area contributed by atoms with Crippen molar-refractivity contribution < 1.29 is 0 Å². The molecule has 1 aromatic heterocycles. The van der Waals surface area contributed by atoms with E-state index in [9.17, 15) is 0 Å². The Hall–Kier alpha value is -1.36. The van der Waals surface area contributed by atoms with E-state index in [2.05, 4.69) is 36.1 Å². The molecule has 110 valence electrons. The maximum atomic E-state index is 5.64. The second-order valence-corrected chi connectivity index (χ2v) is 6.44. The fourth-order valence-electron chi connectivity index (χ4n) is 3.21. The van der Waals surface area contributed by atoms with Gasteiger partial charge in [-0.2, -0.15) is 0 Å². The maximum absolute atomic E-state index is 5.64. The first-order valence-corrected chi connectivity index (χ1v) is 7.73. The van der Waals surface area contributed by atoms with Crippen molar-refractivity contribution >= 4 is 11.6 Å². The van der Waals surface area contributed by atoms with Gasteiger partial charge in [0.25, 0.3) is 0 Å². The fraction of sp³-hybridized carbons (Fsp3) is 0.733. The van der Waals surface area contributed by atoms with Crippen LogP contribution in [-0.4, -0.2) is 22.6 Å². The molecule has 0 spiro atoms. The molecule has 0 radical (unpaired) electrons. The molecule has 0 aromatic carbocycles. The van der Waals surface area contributed by atoms with Gasteiger partial charge in [-0.3, -0.25) is 0 Å². The Morgan fingerprint density at radius 2 is 2.00 bits per heavy atom. The zero-order chi connectivity index (χ0) is 14.3. The molecule has 3 rings (SSSR count). The summed E-state index contributed by atoms with van der Waals surface area (Å²) in [5.41, 5.74) is 3.82. The lowest BCUT2D eigenvalue weighted by Crippen LogP contribution is -2.35. The monoisotopic (exact) mass is 275 g/mol. The summed E-state index contributed by atoms with van der Waals surface area (Å²) >= 11 is 0. The van der Waals surface area contributed by atoms with Gasteiger partial charge in [-0.15, -0.1) is 0 Å². The number of hydrazine groups is 1. The first kappa shape index (κ1) is 13.6. The molecule has 1 aliphatic carbocycles. The predicted octanol–water partition coefficient (Wildman–Crippen LogP) is 2.57. The minimum Gasteiger partial charge on any atom is -0.353 e. The molecule has 1 saturated heterocycles. The lowest BCUT2D eigenvalue weighted by Gasteiger charge is -2.30. The number of anilines is 2. The molecule has 5 nitrogen and oxygen atoms in total. The molecule has 0 bridgehead atoms. The highest BCUT2D eigenvalue weighted by molar-refractivity contribution is 5.59. The normalized spacial score (nSPS) is 22.6. The van der Waals surface area contributed by atoms with Crippen LogP contribution in [0.3, 0.4) is 0 Å². The molecule has 3 N–H and O–H groups in total. The largest absolute Gasteiger partial charge is 0.353 e. The number of rotatable bonds is 4. The summed E-state index contributed by atoms with van der Waals surface area (Å²) in [6.07, 6.45) is 4.92. The van der Waals surface area contributed by atoms with E-state index in [0.29, 0.717) is 17.9 Å². The van der Waals surface area contributed by atoms with Gasteiger partial charge in [0, 0.05) is 24.1 Å². The van der Waals surface area contributed by atoms with Crippen molar-refractivity contribution in [1.82, 2.24) is 9.97 Å². The van der Waals surface area contributed by atoms with Crippen LogP contribution in [0.25, 0.3) is 0 Å². The quantitative estimate of drug-likeness (QED) is 0.653. The molecular formula is C15H25N5. The van der Waals surface area contributed by atoms with Crippen LogP contribution in [0.5, 0.6) is 0 Å². The predicted molar refractivity (Wildman–Crippen MR) is 81.8 cm³/mol. The molecule has 1 saturated carbocycles. The van der Waals surface area contributed by atoms with Crippen LogP contribution < -0.4 is 16.2 Å². The Kier molecular flexibility index (Phi) is 3.54. The van der Waals surface area contributed by atoms with Gasteiger partial charge in [0.1, 0.15) is 17.5 Å². The summed E-state index contributed by atoms with van der Waals surface area (Å²) in [4.78, 5) is 11.9. The van der Waals surface area contributed by atoms with Crippen LogP contribution >= 0.6 is 0 Å². The van der Waals surface area contributed by atoms with Gasteiger partial charge in [0.15, 0.2) is 0 Å². The van der Waals surface area contributed by atoms with Gasteiger partial charge in [0.05, 0.1) is 0 Å². The topological polar surface area (TPSA) is 67.1 Å². The van der Waals surface area contributed by atoms with E-state index in [0.717, 1.165) is 29.6 Å². The molecule has 2 heterocycles. The highest BCUT2D eigenvalue weighted by Crippen LogP contribution is 2.41. The molecule has 1 atom stereocenters. The molecular weight excluding hydrogens is 250 g/mol. The summed E-state index contributed by atoms with van der Waals surface area (Å²) in [6.45, 7) is 7.75. The fourth-order valence-corrected chi connectivity index (χ4v) is 3.21. The first-order chi connectivity index (χ1) is 9.61. The third-order valence-electron chi connectivity index (χ3n) is 4.56. The van der Waals surface area contributed by atoms with Crippen molar-refractivity contribution in [3.05, 3.63) is 11.4 Å². The Balaban J connectivity index is 2.00. The summed E-state index contributed by atoms with van der Waals surface area (Å²) in [5.74, 6) is 9.67. The number of hydrogen-bond acceptors (Lipinski definition) is 5. The van der Waals surface area contributed by atoms with Crippen LogP contribution in [0.1, 0.15) is 56.8 Å². The molecule has 2 aliphatic rings. The summed E-state index contributed by atoms with van der Waals surface area (Å²) in [7, 11) is 0. The zero-order valence-corrected chi connectivity index (χ0v) is 12.7. The third kappa shape index (κ3) is 2.35. The molecule has 2 fully saturated rings. The van der Waals surface area contributed by atoms with E-state index in [-0.39, 0.29) is 0 Å². The zero-order valence-electron chi connectivity index (χ0n) is 12.7. The van der Waals surface area contributed by atoms with Crippen molar-refractivity contribution in [3.8, 4) is 0 Å². The average molecular weight is 275 g/mol. The minimum atomic E-state index is 0.543. The van der Waals surface area contributed by atoms with Gasteiger partial charge in [-0.25, -0.2) is 15.8 Å². The second kappa shape index (κ2) is 5.20. The number of nitrogens with zero attached hydrogens (tertiary/aromatic N) is 3. The van der Waals surface area contributed by atoms with Crippen molar-refractivity contribution in [2.75, 3.05) is 16.9 Å². The highest BCUT2D eigenvalue weighted by atomic mass is 15.3. The van der Waals surface area contributed by atoms with E-state index in [4.69, 9.17) is 10.8 Å². The van der Waals surface area contributed by atoms with Gasteiger partial charge >= 0.3 is 0 Å². The highest BCUT2D eigenvalue weighted by Gasteiger charge is 2.33. The Labute approximate surface area is 120 Å². The number of nitrogen functional groups attached to an aromatic ring is 1. The summed E-state index contributed by atoms with van der Waals surface area (Å²) < 4.78 is 0. The lowest BCUT2D eigenvalue weighted by atomic mass is 10.0. The SMILES string of the molecule is Cc1c(NN)nc(C2CC2)nc1N1CCCC1C(C)C. The maximum Gasteiger partial charge on any atom is 0.148 e. The molecule has 1 unspecified atom stereocenters. The Morgan fingerprint density at radius 1 is 1.25 bits per heavy atom. The van der Waals surface area contributed by atoms with E-state index in [1.54, 1.807) is 0 Å². The van der Waals surface area contributed by atoms with Gasteiger partial charge < -0.3 is 10.3 Å². The first-order valence-electron chi connectivity index (χ1n) is 7.73. The summed E-state index contributed by atoms with van der Waals surface area (Å²) in [6, 6.07) is 0.585. The van der Waals surface area contributed by atoms with E-state index in [1.165, 1.54) is 25.7 Å².